The standard InChI is InChI=1S/C22H20BrN3O4S/c1-30-21-10-6-5-7-17(21)15-24-25-22(27)16-26(19-13-11-18(23)12-14-19)31(28,29)20-8-3-2-4-9-20/h2-15H,16H2,1H3,(H,25,27)/b24-15-. The van der Waals surface area contributed by atoms with Crippen molar-refractivity contribution in [2.45, 2.75) is 4.90 Å². The van der Waals surface area contributed by atoms with Gasteiger partial charge in [0, 0.05) is 10.0 Å². The second-order valence-corrected chi connectivity index (χ2v) is 9.11. The summed E-state index contributed by atoms with van der Waals surface area (Å²) in [6.07, 6.45) is 1.44. The number of hydrogen-bond acceptors (Lipinski definition) is 5. The molecule has 3 aromatic carbocycles. The summed E-state index contributed by atoms with van der Waals surface area (Å²) in [5, 5.41) is 3.93. The molecule has 160 valence electrons. The lowest BCUT2D eigenvalue weighted by Crippen LogP contribution is -2.39. The normalized spacial score (nSPS) is 11.3. The van der Waals surface area contributed by atoms with E-state index in [1.54, 1.807) is 54.6 Å². The molecule has 3 aromatic rings. The van der Waals surface area contributed by atoms with Crippen LogP contribution in [0.5, 0.6) is 5.75 Å². The number of hydrazone groups is 1. The third-order valence-corrected chi connectivity index (χ3v) is 6.58. The number of carbonyl (C=O) groups excluding carboxylic acids is 1. The molecule has 0 aromatic heterocycles. The molecule has 1 amide bonds. The Morgan fingerprint density at radius 2 is 1.68 bits per heavy atom. The third kappa shape index (κ3) is 5.71. The highest BCUT2D eigenvalue weighted by Gasteiger charge is 2.27. The molecule has 0 saturated heterocycles. The van der Waals surface area contributed by atoms with Crippen molar-refractivity contribution in [2.75, 3.05) is 18.0 Å². The number of nitrogens with one attached hydrogen (secondary N) is 1. The summed E-state index contributed by atoms with van der Waals surface area (Å²) in [6, 6.07) is 21.8. The fourth-order valence-corrected chi connectivity index (χ4v) is 4.46. The van der Waals surface area contributed by atoms with Crippen molar-refractivity contribution in [3.63, 3.8) is 0 Å². The van der Waals surface area contributed by atoms with E-state index < -0.39 is 22.5 Å². The Labute approximate surface area is 189 Å². The minimum absolute atomic E-state index is 0.0863. The number of halogens is 1. The van der Waals surface area contributed by atoms with Crippen LogP contribution in [-0.4, -0.2) is 34.2 Å². The summed E-state index contributed by atoms with van der Waals surface area (Å²) in [5.74, 6) is 0.0113. The minimum atomic E-state index is -3.96. The van der Waals surface area contributed by atoms with Crippen molar-refractivity contribution in [3.05, 3.63) is 88.9 Å². The second kappa shape index (κ2) is 10.2. The summed E-state index contributed by atoms with van der Waals surface area (Å²) in [5.41, 5.74) is 3.41. The maximum Gasteiger partial charge on any atom is 0.264 e. The van der Waals surface area contributed by atoms with Gasteiger partial charge in [0.25, 0.3) is 15.9 Å². The average molecular weight is 502 g/mol. The Morgan fingerprint density at radius 1 is 1.03 bits per heavy atom. The molecule has 0 aliphatic rings. The summed E-state index contributed by atoms with van der Waals surface area (Å²) in [7, 11) is -2.43. The number of para-hydroxylation sites is 1. The van der Waals surface area contributed by atoms with E-state index in [2.05, 4.69) is 26.5 Å². The van der Waals surface area contributed by atoms with Crippen molar-refractivity contribution >= 4 is 43.8 Å². The monoisotopic (exact) mass is 501 g/mol. The van der Waals surface area contributed by atoms with Crippen LogP contribution in [0.15, 0.2) is 93.3 Å². The molecule has 0 spiro atoms. The molecule has 0 heterocycles. The van der Waals surface area contributed by atoms with E-state index in [9.17, 15) is 13.2 Å². The number of carbonyl (C=O) groups is 1. The molecule has 3 rings (SSSR count). The van der Waals surface area contributed by atoms with Gasteiger partial charge in [0.15, 0.2) is 0 Å². The van der Waals surface area contributed by atoms with Crippen LogP contribution in [0.1, 0.15) is 5.56 Å². The molecular formula is C22H20BrN3O4S. The van der Waals surface area contributed by atoms with Crippen molar-refractivity contribution in [2.24, 2.45) is 5.10 Å². The molecular weight excluding hydrogens is 482 g/mol. The molecule has 0 aliphatic heterocycles. The first-order valence-corrected chi connectivity index (χ1v) is 11.4. The van der Waals surface area contributed by atoms with E-state index in [-0.39, 0.29) is 4.90 Å². The lowest BCUT2D eigenvalue weighted by molar-refractivity contribution is -0.119. The van der Waals surface area contributed by atoms with Crippen LogP contribution in [0.3, 0.4) is 0 Å². The molecule has 0 fully saturated rings. The van der Waals surface area contributed by atoms with Crippen molar-refractivity contribution in [1.82, 2.24) is 5.43 Å². The Morgan fingerprint density at radius 3 is 2.35 bits per heavy atom. The van der Waals surface area contributed by atoms with Gasteiger partial charge in [-0.05, 0) is 48.5 Å². The SMILES string of the molecule is COc1ccccc1/C=N\NC(=O)CN(c1ccc(Br)cc1)S(=O)(=O)c1ccccc1. The number of amides is 1. The molecule has 0 bridgehead atoms. The van der Waals surface area contributed by atoms with Crippen LogP contribution in [0.4, 0.5) is 5.69 Å². The zero-order chi connectivity index (χ0) is 22.3. The second-order valence-electron chi connectivity index (χ2n) is 6.34. The number of rotatable bonds is 8. The van der Waals surface area contributed by atoms with Gasteiger partial charge in [-0.1, -0.05) is 46.3 Å². The van der Waals surface area contributed by atoms with Gasteiger partial charge in [-0.15, -0.1) is 0 Å². The topological polar surface area (TPSA) is 88.1 Å². The van der Waals surface area contributed by atoms with Crippen LogP contribution >= 0.6 is 15.9 Å². The van der Waals surface area contributed by atoms with Crippen LogP contribution in [-0.2, 0) is 14.8 Å². The van der Waals surface area contributed by atoms with Crippen molar-refractivity contribution in [3.8, 4) is 5.75 Å². The van der Waals surface area contributed by atoms with E-state index in [0.29, 0.717) is 17.0 Å². The maximum absolute atomic E-state index is 13.2. The summed E-state index contributed by atoms with van der Waals surface area (Å²) in [4.78, 5) is 12.6. The highest BCUT2D eigenvalue weighted by atomic mass is 79.9. The highest BCUT2D eigenvalue weighted by Crippen LogP contribution is 2.25. The first kappa shape index (κ1) is 22.5. The number of nitrogens with zero attached hydrogens (tertiary/aromatic N) is 2. The lowest BCUT2D eigenvalue weighted by Gasteiger charge is -2.23. The van der Waals surface area contributed by atoms with Gasteiger partial charge in [-0.3, -0.25) is 9.10 Å². The van der Waals surface area contributed by atoms with Crippen molar-refractivity contribution < 1.29 is 17.9 Å². The number of methoxy groups -OCH3 is 1. The van der Waals surface area contributed by atoms with Gasteiger partial charge in [0.2, 0.25) is 0 Å². The van der Waals surface area contributed by atoms with Crippen molar-refractivity contribution in [1.29, 1.82) is 0 Å². The first-order valence-electron chi connectivity index (χ1n) is 9.20. The smallest absolute Gasteiger partial charge is 0.264 e. The van der Waals surface area contributed by atoms with E-state index in [1.807, 2.05) is 12.1 Å². The quantitative estimate of drug-likeness (QED) is 0.375. The zero-order valence-electron chi connectivity index (χ0n) is 16.6. The lowest BCUT2D eigenvalue weighted by atomic mass is 10.2. The maximum atomic E-state index is 13.2. The minimum Gasteiger partial charge on any atom is -0.496 e. The van der Waals surface area contributed by atoms with Gasteiger partial charge in [0.1, 0.15) is 12.3 Å². The first-order chi connectivity index (χ1) is 14.9. The predicted octanol–water partition coefficient (Wildman–Crippen LogP) is 3.80. The molecule has 9 heteroatoms. The van der Waals surface area contributed by atoms with Crippen LogP contribution in [0.25, 0.3) is 0 Å². The molecule has 0 saturated carbocycles. The number of anilines is 1. The Kier molecular flexibility index (Phi) is 7.43. The number of benzene rings is 3. The van der Waals surface area contributed by atoms with Crippen LogP contribution in [0, 0.1) is 0 Å². The molecule has 0 unspecified atom stereocenters. The molecule has 0 radical (unpaired) electrons. The predicted molar refractivity (Wildman–Crippen MR) is 124 cm³/mol. The molecule has 31 heavy (non-hydrogen) atoms. The van der Waals surface area contributed by atoms with Gasteiger partial charge in [-0.25, -0.2) is 13.8 Å². The summed E-state index contributed by atoms with van der Waals surface area (Å²) >= 11 is 3.33. The fraction of sp³-hybridized carbons (Fsp3) is 0.0909. The average Bonchev–Trinajstić information content (AvgIpc) is 2.79. The number of ether oxygens (including phenoxy) is 1. The van der Waals surface area contributed by atoms with Gasteiger partial charge < -0.3 is 4.74 Å². The van der Waals surface area contributed by atoms with Gasteiger partial charge in [-0.2, -0.15) is 5.10 Å². The molecule has 0 atom stereocenters. The number of sulfonamides is 1. The Bertz CT molecular complexity index is 1170. The third-order valence-electron chi connectivity index (χ3n) is 4.26. The van der Waals surface area contributed by atoms with Crippen LogP contribution < -0.4 is 14.5 Å². The zero-order valence-corrected chi connectivity index (χ0v) is 19.0. The van der Waals surface area contributed by atoms with E-state index >= 15 is 0 Å². The van der Waals surface area contributed by atoms with E-state index in [4.69, 9.17) is 4.74 Å². The summed E-state index contributed by atoms with van der Waals surface area (Å²) < 4.78 is 33.5. The van der Waals surface area contributed by atoms with E-state index in [0.717, 1.165) is 8.78 Å². The van der Waals surface area contributed by atoms with E-state index in [1.165, 1.54) is 25.5 Å². The fourth-order valence-electron chi connectivity index (χ4n) is 2.75. The van der Waals surface area contributed by atoms with Gasteiger partial charge in [0.05, 0.1) is 23.9 Å². The Hall–Kier alpha value is -3.17. The number of hydrogen-bond donors (Lipinski definition) is 1. The Balaban J connectivity index is 1.82. The van der Waals surface area contributed by atoms with Gasteiger partial charge >= 0.3 is 0 Å². The summed E-state index contributed by atoms with van der Waals surface area (Å²) in [6.45, 7) is -0.442. The molecule has 0 aliphatic carbocycles. The largest absolute Gasteiger partial charge is 0.496 e. The molecule has 7 nitrogen and oxygen atoms in total. The highest BCUT2D eigenvalue weighted by molar-refractivity contribution is 9.10. The molecule has 1 N–H and O–H groups in total. The van der Waals surface area contributed by atoms with Crippen LogP contribution in [0.2, 0.25) is 0 Å².